The van der Waals surface area contributed by atoms with Gasteiger partial charge in [0, 0.05) is 30.0 Å². The number of nitro groups is 1. The van der Waals surface area contributed by atoms with Gasteiger partial charge >= 0.3 is 24.2 Å². The standard InChI is InChI=1S/C28H26F6N4O5/c29-27(30,31)18-3-1-17-14-20(4-2-16(17)13-18)37-26(40)25(39)35-11-12-43-22-8-5-19(6-9-22)36-21-7-10-24(38(41)42)23(15-21)28(32,33)34/h1-4,7,10,13-15,19,22,36H,5-6,8-9,11-12H2,(H,35,39)(H,37,40). The Morgan fingerprint density at radius 2 is 1.49 bits per heavy atom. The molecule has 15 heteroatoms. The lowest BCUT2D eigenvalue weighted by atomic mass is 9.92. The monoisotopic (exact) mass is 612 g/mol. The summed E-state index contributed by atoms with van der Waals surface area (Å²) in [4.78, 5) is 34.2. The number of carbonyl (C=O) groups is 2. The zero-order valence-electron chi connectivity index (χ0n) is 22.3. The fourth-order valence-electron chi connectivity index (χ4n) is 4.78. The lowest BCUT2D eigenvalue weighted by Crippen LogP contribution is -2.38. The number of nitrogens with one attached hydrogen (secondary N) is 3. The largest absolute Gasteiger partial charge is 0.423 e. The van der Waals surface area contributed by atoms with Crippen LogP contribution in [0.25, 0.3) is 10.8 Å². The van der Waals surface area contributed by atoms with Crippen LogP contribution in [0.5, 0.6) is 0 Å². The van der Waals surface area contributed by atoms with Crippen LogP contribution >= 0.6 is 0 Å². The molecule has 9 nitrogen and oxygen atoms in total. The Kier molecular flexibility index (Phi) is 9.43. The Balaban J connectivity index is 1.18. The number of halogens is 6. The van der Waals surface area contributed by atoms with Crippen molar-refractivity contribution >= 4 is 39.6 Å². The number of rotatable bonds is 8. The average Bonchev–Trinajstić information content (AvgIpc) is 2.94. The molecule has 0 bridgehead atoms. The number of fused-ring (bicyclic) bond motifs is 1. The van der Waals surface area contributed by atoms with E-state index >= 15 is 0 Å². The lowest BCUT2D eigenvalue weighted by molar-refractivity contribution is -0.388. The van der Waals surface area contributed by atoms with Crippen LogP contribution in [0.2, 0.25) is 0 Å². The zero-order valence-corrected chi connectivity index (χ0v) is 22.3. The van der Waals surface area contributed by atoms with Gasteiger partial charge in [0.05, 0.1) is 23.2 Å². The van der Waals surface area contributed by atoms with Crippen LogP contribution in [0.4, 0.5) is 43.4 Å². The van der Waals surface area contributed by atoms with Crippen molar-refractivity contribution in [2.45, 2.75) is 50.2 Å². The first-order valence-electron chi connectivity index (χ1n) is 13.1. The first-order chi connectivity index (χ1) is 20.2. The topological polar surface area (TPSA) is 123 Å². The molecule has 3 N–H and O–H groups in total. The second-order valence-electron chi connectivity index (χ2n) is 9.96. The zero-order chi connectivity index (χ0) is 31.4. The Morgan fingerprint density at radius 3 is 2.14 bits per heavy atom. The minimum Gasteiger partial charge on any atom is -0.382 e. The number of benzene rings is 3. The summed E-state index contributed by atoms with van der Waals surface area (Å²) in [5, 5.41) is 19.5. The Morgan fingerprint density at radius 1 is 0.837 bits per heavy atom. The van der Waals surface area contributed by atoms with E-state index in [2.05, 4.69) is 16.0 Å². The molecule has 1 aliphatic rings. The summed E-state index contributed by atoms with van der Waals surface area (Å²) >= 11 is 0. The highest BCUT2D eigenvalue weighted by Crippen LogP contribution is 2.38. The van der Waals surface area contributed by atoms with E-state index in [1.54, 1.807) is 0 Å². The number of ether oxygens (including phenoxy) is 1. The van der Waals surface area contributed by atoms with E-state index in [1.165, 1.54) is 30.3 Å². The van der Waals surface area contributed by atoms with Gasteiger partial charge in [-0.1, -0.05) is 12.1 Å². The summed E-state index contributed by atoms with van der Waals surface area (Å²) < 4.78 is 84.1. The molecule has 0 aliphatic heterocycles. The van der Waals surface area contributed by atoms with Crippen molar-refractivity contribution in [3.63, 3.8) is 0 Å². The van der Waals surface area contributed by atoms with Gasteiger partial charge in [-0.3, -0.25) is 19.7 Å². The van der Waals surface area contributed by atoms with Crippen LogP contribution < -0.4 is 16.0 Å². The summed E-state index contributed by atoms with van der Waals surface area (Å²) in [7, 11) is 0. The van der Waals surface area contributed by atoms with Crippen molar-refractivity contribution in [3.8, 4) is 0 Å². The maximum absolute atomic E-state index is 13.2. The molecule has 3 aromatic carbocycles. The first kappa shape index (κ1) is 31.5. The Bertz CT molecular complexity index is 1500. The van der Waals surface area contributed by atoms with Gasteiger partial charge in [-0.05, 0) is 72.9 Å². The van der Waals surface area contributed by atoms with Gasteiger partial charge in [-0.2, -0.15) is 26.3 Å². The molecule has 2 amide bonds. The van der Waals surface area contributed by atoms with Crippen LogP contribution in [0.1, 0.15) is 36.8 Å². The first-order valence-corrected chi connectivity index (χ1v) is 13.1. The lowest BCUT2D eigenvalue weighted by Gasteiger charge is -2.30. The van der Waals surface area contributed by atoms with Crippen LogP contribution in [0.15, 0.2) is 54.6 Å². The normalized spacial score (nSPS) is 17.3. The summed E-state index contributed by atoms with van der Waals surface area (Å²) in [5.74, 6) is -1.89. The van der Waals surface area contributed by atoms with E-state index < -0.39 is 45.9 Å². The van der Waals surface area contributed by atoms with Crippen molar-refractivity contribution in [1.82, 2.24) is 5.32 Å². The van der Waals surface area contributed by atoms with Crippen LogP contribution in [-0.2, 0) is 26.7 Å². The van der Waals surface area contributed by atoms with Crippen LogP contribution in [-0.4, -0.2) is 42.0 Å². The Hall–Kier alpha value is -4.40. The second kappa shape index (κ2) is 12.9. The highest BCUT2D eigenvalue weighted by Gasteiger charge is 2.38. The number of nitrogens with zero attached hydrogens (tertiary/aromatic N) is 1. The van der Waals surface area contributed by atoms with Gasteiger partial charge in [0.25, 0.3) is 5.69 Å². The van der Waals surface area contributed by atoms with E-state index in [9.17, 15) is 46.0 Å². The fraction of sp³-hybridized carbons (Fsp3) is 0.357. The predicted molar refractivity (Wildman–Crippen MR) is 144 cm³/mol. The minimum atomic E-state index is -4.87. The number of hydrogen-bond donors (Lipinski definition) is 3. The molecular formula is C28H26F6N4O5. The van der Waals surface area contributed by atoms with Crippen molar-refractivity contribution in [2.24, 2.45) is 0 Å². The average molecular weight is 613 g/mol. The van der Waals surface area contributed by atoms with Gasteiger partial charge in [0.2, 0.25) is 0 Å². The van der Waals surface area contributed by atoms with Crippen LogP contribution in [0.3, 0.4) is 0 Å². The third-order valence-electron chi connectivity index (χ3n) is 6.92. The minimum absolute atomic E-state index is 0.0331. The van der Waals surface area contributed by atoms with E-state index in [0.29, 0.717) is 36.5 Å². The molecule has 0 heterocycles. The van der Waals surface area contributed by atoms with Gasteiger partial charge in [-0.15, -0.1) is 0 Å². The molecule has 230 valence electrons. The fourth-order valence-corrected chi connectivity index (χ4v) is 4.78. The van der Waals surface area contributed by atoms with Crippen molar-refractivity contribution < 1.29 is 45.6 Å². The maximum atomic E-state index is 13.2. The number of hydrogen-bond acceptors (Lipinski definition) is 6. The number of amides is 2. The van der Waals surface area contributed by atoms with Crippen LogP contribution in [0, 0.1) is 10.1 Å². The number of carbonyl (C=O) groups excluding carboxylic acids is 2. The molecule has 0 unspecified atom stereocenters. The summed E-state index contributed by atoms with van der Waals surface area (Å²) in [5.41, 5.74) is -2.77. The van der Waals surface area contributed by atoms with E-state index in [-0.39, 0.29) is 36.7 Å². The molecule has 43 heavy (non-hydrogen) atoms. The molecule has 0 radical (unpaired) electrons. The maximum Gasteiger partial charge on any atom is 0.423 e. The number of alkyl halides is 6. The molecule has 0 aromatic heterocycles. The molecule has 4 rings (SSSR count). The highest BCUT2D eigenvalue weighted by molar-refractivity contribution is 6.39. The summed E-state index contributed by atoms with van der Waals surface area (Å²) in [6.07, 6.45) is -7.21. The third kappa shape index (κ3) is 8.34. The van der Waals surface area contributed by atoms with Gasteiger partial charge in [0.1, 0.15) is 5.56 Å². The van der Waals surface area contributed by atoms with Crippen molar-refractivity contribution in [3.05, 3.63) is 75.8 Å². The quantitative estimate of drug-likeness (QED) is 0.0905. The third-order valence-corrected chi connectivity index (χ3v) is 6.92. The second-order valence-corrected chi connectivity index (χ2v) is 9.96. The SMILES string of the molecule is O=C(NCCOC1CCC(Nc2ccc([N+](=O)[O-])c(C(F)(F)F)c2)CC1)C(=O)Nc1ccc2cc(C(F)(F)F)ccc2c1. The summed E-state index contributed by atoms with van der Waals surface area (Å²) in [6.45, 7) is 0.141. The molecular weight excluding hydrogens is 586 g/mol. The van der Waals surface area contributed by atoms with Gasteiger partial charge in [0.15, 0.2) is 0 Å². The van der Waals surface area contributed by atoms with E-state index in [4.69, 9.17) is 4.74 Å². The van der Waals surface area contributed by atoms with Gasteiger partial charge in [-0.25, -0.2) is 0 Å². The molecule has 3 aromatic rings. The molecule has 1 fully saturated rings. The van der Waals surface area contributed by atoms with E-state index in [1.807, 2.05) is 0 Å². The van der Waals surface area contributed by atoms with Crippen molar-refractivity contribution in [1.29, 1.82) is 0 Å². The number of anilines is 2. The predicted octanol–water partition coefficient (Wildman–Crippen LogP) is 6.28. The smallest absolute Gasteiger partial charge is 0.382 e. The summed E-state index contributed by atoms with van der Waals surface area (Å²) in [6, 6.07) is 10.1. The highest BCUT2D eigenvalue weighted by atomic mass is 19.4. The van der Waals surface area contributed by atoms with E-state index in [0.717, 1.165) is 24.3 Å². The number of nitro benzene ring substituents is 1. The molecule has 1 aliphatic carbocycles. The molecule has 0 atom stereocenters. The molecule has 0 spiro atoms. The molecule has 0 saturated heterocycles. The molecule has 1 saturated carbocycles. The van der Waals surface area contributed by atoms with Crippen molar-refractivity contribution in [2.75, 3.05) is 23.8 Å². The Labute approximate surface area is 240 Å². The van der Waals surface area contributed by atoms with Gasteiger partial charge < -0.3 is 20.7 Å².